The minimum atomic E-state index is 0.282. The molecule has 0 bridgehead atoms. The molecule has 0 saturated heterocycles. The maximum Gasteiger partial charge on any atom is 0.187 e. The maximum absolute atomic E-state index is 9.51. The van der Waals surface area contributed by atoms with Crippen molar-refractivity contribution in [2.45, 2.75) is 19.8 Å². The predicted octanol–water partition coefficient (Wildman–Crippen LogP) is 13.1. The summed E-state index contributed by atoms with van der Waals surface area (Å²) in [7, 11) is 0. The monoisotopic (exact) mass is 628 g/mol. The first-order chi connectivity index (χ1) is 24.1. The topological polar surface area (TPSA) is 34.6 Å². The highest BCUT2D eigenvalue weighted by Gasteiger charge is 2.24. The van der Waals surface area contributed by atoms with E-state index in [1.807, 2.05) is 60.7 Å². The third kappa shape index (κ3) is 5.08. The zero-order chi connectivity index (χ0) is 33.5. The molecule has 4 nitrogen and oxygen atoms in total. The van der Waals surface area contributed by atoms with Gasteiger partial charge in [-0.2, -0.15) is 5.26 Å². The summed E-state index contributed by atoms with van der Waals surface area (Å²) in [6.07, 6.45) is 0. The van der Waals surface area contributed by atoms with Gasteiger partial charge in [0, 0.05) is 33.5 Å². The number of anilines is 6. The van der Waals surface area contributed by atoms with Gasteiger partial charge in [-0.05, 0) is 106 Å². The molecular weight excluding hydrogens is 597 g/mol. The predicted molar refractivity (Wildman–Crippen MR) is 205 cm³/mol. The largest absolute Gasteiger partial charge is 0.310 e. The van der Waals surface area contributed by atoms with E-state index in [0.717, 1.165) is 44.9 Å². The highest BCUT2D eigenvalue weighted by atomic mass is 15.1. The summed E-state index contributed by atoms with van der Waals surface area (Å²) in [6, 6.07) is 54.7. The number of hydrogen-bond donors (Lipinski definition) is 0. The van der Waals surface area contributed by atoms with E-state index in [-0.39, 0.29) is 5.92 Å². The van der Waals surface area contributed by atoms with E-state index < -0.39 is 0 Å². The lowest BCUT2D eigenvalue weighted by Gasteiger charge is -2.30. The summed E-state index contributed by atoms with van der Waals surface area (Å²) in [5.41, 5.74) is 8.80. The SMILES string of the molecule is [C-]#[N+]c1ccc(N(c2ccccc2)c2cc(C(C)C)c3ccc4c(N(c5ccccc5)c5ccc(C#N)cc5)ccc5ccc2c3c54)cc1. The molecule has 0 spiro atoms. The first-order valence-corrected chi connectivity index (χ1v) is 16.5. The van der Waals surface area contributed by atoms with Gasteiger partial charge in [-0.25, -0.2) is 4.85 Å². The highest BCUT2D eigenvalue weighted by Crippen LogP contribution is 2.49. The average Bonchev–Trinajstić information content (AvgIpc) is 3.16. The van der Waals surface area contributed by atoms with Crippen LogP contribution >= 0.6 is 0 Å². The molecule has 0 aliphatic heterocycles. The standard InChI is InChI=1S/C45H32N4/c1-30(2)41-28-43(49(35-12-8-5-9-13-35)37-22-18-33(47-3)19-23-37)40-24-16-32-17-27-42(39-26-25-38(41)45(40)44(32)39)48(34-10-6-4-7-11-34)36-20-14-31(29-46)15-21-36/h4-28,30H,1-2H3. The van der Waals surface area contributed by atoms with E-state index in [1.54, 1.807) is 0 Å². The summed E-state index contributed by atoms with van der Waals surface area (Å²) in [5, 5.41) is 16.7. The molecule has 0 amide bonds. The third-order valence-corrected chi connectivity index (χ3v) is 9.39. The van der Waals surface area contributed by atoms with Crippen LogP contribution < -0.4 is 9.80 Å². The Morgan fingerprint density at radius 1 is 0.551 bits per heavy atom. The zero-order valence-electron chi connectivity index (χ0n) is 27.3. The Morgan fingerprint density at radius 3 is 1.65 bits per heavy atom. The molecule has 8 aromatic rings. The number of para-hydroxylation sites is 2. The van der Waals surface area contributed by atoms with Crippen LogP contribution in [0.15, 0.2) is 152 Å². The van der Waals surface area contributed by atoms with Crippen LogP contribution in [-0.2, 0) is 0 Å². The zero-order valence-corrected chi connectivity index (χ0v) is 27.3. The molecule has 0 N–H and O–H groups in total. The quantitative estimate of drug-likeness (QED) is 0.130. The van der Waals surface area contributed by atoms with Crippen molar-refractivity contribution in [2.75, 3.05) is 9.80 Å². The van der Waals surface area contributed by atoms with E-state index in [1.165, 1.54) is 27.1 Å². The minimum absolute atomic E-state index is 0.282. The van der Waals surface area contributed by atoms with Crippen LogP contribution in [0.25, 0.3) is 37.2 Å². The van der Waals surface area contributed by atoms with Gasteiger partial charge in [0.15, 0.2) is 5.69 Å². The molecule has 232 valence electrons. The number of rotatable bonds is 7. The van der Waals surface area contributed by atoms with Gasteiger partial charge in [0.1, 0.15) is 0 Å². The Morgan fingerprint density at radius 2 is 1.06 bits per heavy atom. The number of benzene rings is 8. The van der Waals surface area contributed by atoms with Crippen molar-refractivity contribution in [1.29, 1.82) is 5.26 Å². The molecular formula is C45H32N4. The van der Waals surface area contributed by atoms with Crippen LogP contribution in [0.4, 0.5) is 39.8 Å². The van der Waals surface area contributed by atoms with Gasteiger partial charge in [-0.3, -0.25) is 0 Å². The Labute approximate surface area is 286 Å². The second-order valence-corrected chi connectivity index (χ2v) is 12.6. The van der Waals surface area contributed by atoms with E-state index in [2.05, 4.69) is 126 Å². The van der Waals surface area contributed by atoms with Crippen LogP contribution in [0.1, 0.15) is 30.9 Å². The van der Waals surface area contributed by atoms with Gasteiger partial charge in [-0.15, -0.1) is 0 Å². The molecule has 8 rings (SSSR count). The summed E-state index contributed by atoms with van der Waals surface area (Å²) >= 11 is 0. The summed E-state index contributed by atoms with van der Waals surface area (Å²) in [5.74, 6) is 0.282. The number of nitrogens with zero attached hydrogens (tertiary/aromatic N) is 4. The molecule has 0 radical (unpaired) electrons. The molecule has 0 fully saturated rings. The van der Waals surface area contributed by atoms with Crippen molar-refractivity contribution in [3.63, 3.8) is 0 Å². The fraction of sp³-hybridized carbons (Fsp3) is 0.0667. The van der Waals surface area contributed by atoms with Crippen LogP contribution in [0.2, 0.25) is 0 Å². The van der Waals surface area contributed by atoms with E-state index >= 15 is 0 Å². The average molecular weight is 629 g/mol. The lowest BCUT2D eigenvalue weighted by atomic mass is 9.86. The third-order valence-electron chi connectivity index (χ3n) is 9.39. The summed E-state index contributed by atoms with van der Waals surface area (Å²) in [6.45, 7) is 12.1. The highest BCUT2D eigenvalue weighted by molar-refractivity contribution is 6.28. The molecule has 0 aliphatic carbocycles. The van der Waals surface area contributed by atoms with Gasteiger partial charge in [0.25, 0.3) is 0 Å². The van der Waals surface area contributed by atoms with E-state index in [9.17, 15) is 5.26 Å². The maximum atomic E-state index is 9.51. The first kappa shape index (κ1) is 29.8. The molecule has 4 heteroatoms. The van der Waals surface area contributed by atoms with Crippen LogP contribution in [0, 0.1) is 17.9 Å². The number of nitriles is 1. The minimum Gasteiger partial charge on any atom is -0.310 e. The normalized spacial score (nSPS) is 11.2. The Bertz CT molecular complexity index is 2520. The van der Waals surface area contributed by atoms with Crippen molar-refractivity contribution in [1.82, 2.24) is 0 Å². The lowest BCUT2D eigenvalue weighted by Crippen LogP contribution is -2.12. The molecule has 8 aromatic carbocycles. The van der Waals surface area contributed by atoms with Crippen molar-refractivity contribution >= 4 is 72.1 Å². The Kier molecular flexibility index (Phi) is 7.41. The Hall–Kier alpha value is -6.62. The van der Waals surface area contributed by atoms with E-state index in [0.29, 0.717) is 11.3 Å². The first-order valence-electron chi connectivity index (χ1n) is 16.5. The van der Waals surface area contributed by atoms with Crippen LogP contribution in [0.3, 0.4) is 0 Å². The smallest absolute Gasteiger partial charge is 0.187 e. The Balaban J connectivity index is 1.45. The van der Waals surface area contributed by atoms with Gasteiger partial charge < -0.3 is 9.80 Å². The van der Waals surface area contributed by atoms with Gasteiger partial charge in [0.05, 0.1) is 29.6 Å². The molecule has 0 atom stereocenters. The molecule has 0 saturated carbocycles. The fourth-order valence-corrected chi connectivity index (χ4v) is 7.12. The van der Waals surface area contributed by atoms with Crippen molar-refractivity contribution in [3.8, 4) is 6.07 Å². The second-order valence-electron chi connectivity index (χ2n) is 12.6. The number of hydrogen-bond acceptors (Lipinski definition) is 3. The van der Waals surface area contributed by atoms with Crippen molar-refractivity contribution in [2.24, 2.45) is 0 Å². The fourth-order valence-electron chi connectivity index (χ4n) is 7.12. The molecule has 0 heterocycles. The van der Waals surface area contributed by atoms with Gasteiger partial charge in [-0.1, -0.05) is 92.7 Å². The van der Waals surface area contributed by atoms with Crippen molar-refractivity contribution < 1.29 is 0 Å². The molecule has 0 aromatic heterocycles. The van der Waals surface area contributed by atoms with Gasteiger partial charge >= 0.3 is 0 Å². The van der Waals surface area contributed by atoms with Crippen LogP contribution in [0.5, 0.6) is 0 Å². The van der Waals surface area contributed by atoms with Crippen molar-refractivity contribution in [3.05, 3.63) is 174 Å². The molecule has 0 aliphatic rings. The van der Waals surface area contributed by atoms with Crippen LogP contribution in [-0.4, -0.2) is 0 Å². The second kappa shape index (κ2) is 12.2. The summed E-state index contributed by atoms with van der Waals surface area (Å²) < 4.78 is 0. The van der Waals surface area contributed by atoms with E-state index in [4.69, 9.17) is 6.57 Å². The summed E-state index contributed by atoms with van der Waals surface area (Å²) in [4.78, 5) is 8.25. The molecule has 49 heavy (non-hydrogen) atoms. The lowest BCUT2D eigenvalue weighted by molar-refractivity contribution is 0.876. The van der Waals surface area contributed by atoms with Gasteiger partial charge in [0.2, 0.25) is 0 Å². The molecule has 0 unspecified atom stereocenters.